The molecule has 1 fully saturated rings. The van der Waals surface area contributed by atoms with E-state index < -0.39 is 0 Å². The van der Waals surface area contributed by atoms with Crippen molar-refractivity contribution in [2.75, 3.05) is 23.4 Å². The predicted molar refractivity (Wildman–Crippen MR) is 102 cm³/mol. The maximum absolute atomic E-state index is 12.5. The van der Waals surface area contributed by atoms with Crippen molar-refractivity contribution in [3.8, 4) is 5.75 Å². The number of amides is 2. The molecular formula is C21H22N2O3. The zero-order valence-electron chi connectivity index (χ0n) is 14.8. The fourth-order valence-electron chi connectivity index (χ4n) is 3.02. The van der Waals surface area contributed by atoms with E-state index in [9.17, 15) is 9.59 Å². The van der Waals surface area contributed by atoms with Crippen molar-refractivity contribution in [3.63, 3.8) is 0 Å². The lowest BCUT2D eigenvalue weighted by Gasteiger charge is -2.19. The zero-order chi connectivity index (χ0) is 18.5. The first-order valence-electron chi connectivity index (χ1n) is 8.59. The number of hydrogen-bond donors (Lipinski definition) is 1. The van der Waals surface area contributed by atoms with Crippen molar-refractivity contribution < 1.29 is 14.3 Å². The average molecular weight is 350 g/mol. The molecule has 2 aromatic carbocycles. The summed E-state index contributed by atoms with van der Waals surface area (Å²) in [6, 6.07) is 14.9. The quantitative estimate of drug-likeness (QED) is 0.811. The Bertz CT molecular complexity index is 814. The van der Waals surface area contributed by atoms with Gasteiger partial charge in [0.15, 0.2) is 0 Å². The van der Waals surface area contributed by atoms with E-state index in [4.69, 9.17) is 4.74 Å². The Labute approximate surface area is 153 Å². The van der Waals surface area contributed by atoms with Crippen molar-refractivity contribution in [2.24, 2.45) is 5.92 Å². The summed E-state index contributed by atoms with van der Waals surface area (Å²) in [4.78, 5) is 26.6. The van der Waals surface area contributed by atoms with Crippen LogP contribution in [0.2, 0.25) is 0 Å². The standard InChI is InChI=1S/C21H22N2O3/c1-3-12-26-18-10-8-17(9-11-18)22-21(25)16-13-20(24)23(14-16)19-7-5-4-6-15(19)2/h3-11,16H,1,12-14H2,2H3,(H,22,25)/t16-/m1/s1. The number of anilines is 2. The molecule has 1 aliphatic heterocycles. The van der Waals surface area contributed by atoms with Crippen LogP contribution in [0.4, 0.5) is 11.4 Å². The second-order valence-electron chi connectivity index (χ2n) is 6.31. The number of nitrogens with zero attached hydrogens (tertiary/aromatic N) is 1. The molecule has 26 heavy (non-hydrogen) atoms. The summed E-state index contributed by atoms with van der Waals surface area (Å²) < 4.78 is 5.42. The van der Waals surface area contributed by atoms with Gasteiger partial charge in [0.05, 0.1) is 5.92 Å². The highest BCUT2D eigenvalue weighted by Crippen LogP contribution is 2.28. The molecule has 1 heterocycles. The fraction of sp³-hybridized carbons (Fsp3) is 0.238. The van der Waals surface area contributed by atoms with Gasteiger partial charge in [0.1, 0.15) is 12.4 Å². The van der Waals surface area contributed by atoms with Gasteiger partial charge in [0.2, 0.25) is 11.8 Å². The van der Waals surface area contributed by atoms with Gasteiger partial charge in [0.25, 0.3) is 0 Å². The van der Waals surface area contributed by atoms with Gasteiger partial charge in [-0.05, 0) is 42.8 Å². The minimum Gasteiger partial charge on any atom is -0.490 e. The van der Waals surface area contributed by atoms with Crippen LogP contribution in [0.5, 0.6) is 5.75 Å². The summed E-state index contributed by atoms with van der Waals surface area (Å²) in [5, 5.41) is 2.88. The number of carbonyl (C=O) groups excluding carboxylic acids is 2. The molecule has 1 saturated heterocycles. The zero-order valence-corrected chi connectivity index (χ0v) is 14.8. The predicted octanol–water partition coefficient (Wildman–Crippen LogP) is 3.55. The topological polar surface area (TPSA) is 58.6 Å². The van der Waals surface area contributed by atoms with Gasteiger partial charge in [0, 0.05) is 24.3 Å². The average Bonchev–Trinajstić information content (AvgIpc) is 3.03. The third kappa shape index (κ3) is 3.94. The van der Waals surface area contributed by atoms with Gasteiger partial charge >= 0.3 is 0 Å². The van der Waals surface area contributed by atoms with Crippen molar-refractivity contribution >= 4 is 23.2 Å². The molecule has 1 aliphatic rings. The van der Waals surface area contributed by atoms with Crippen molar-refractivity contribution in [2.45, 2.75) is 13.3 Å². The molecule has 5 heteroatoms. The van der Waals surface area contributed by atoms with Gasteiger partial charge in [-0.15, -0.1) is 0 Å². The third-order valence-electron chi connectivity index (χ3n) is 4.39. The minimum atomic E-state index is -0.362. The number of ether oxygens (including phenoxy) is 1. The van der Waals surface area contributed by atoms with Crippen LogP contribution >= 0.6 is 0 Å². The Kier molecular flexibility index (Phi) is 5.37. The van der Waals surface area contributed by atoms with Crippen molar-refractivity contribution in [1.82, 2.24) is 0 Å². The summed E-state index contributed by atoms with van der Waals surface area (Å²) in [5.41, 5.74) is 2.58. The second-order valence-corrected chi connectivity index (χ2v) is 6.31. The molecule has 0 saturated carbocycles. The van der Waals surface area contributed by atoms with Crippen LogP contribution in [0, 0.1) is 12.8 Å². The molecule has 1 atom stereocenters. The minimum absolute atomic E-state index is 0.0207. The molecule has 0 spiro atoms. The fourth-order valence-corrected chi connectivity index (χ4v) is 3.02. The van der Waals surface area contributed by atoms with E-state index in [-0.39, 0.29) is 24.2 Å². The number of aryl methyl sites for hydroxylation is 1. The van der Waals surface area contributed by atoms with E-state index in [1.54, 1.807) is 35.2 Å². The molecule has 1 N–H and O–H groups in total. The summed E-state index contributed by atoms with van der Waals surface area (Å²) in [7, 11) is 0. The highest BCUT2D eigenvalue weighted by atomic mass is 16.5. The molecule has 0 bridgehead atoms. The van der Waals surface area contributed by atoms with Gasteiger partial charge in [-0.1, -0.05) is 30.9 Å². The first-order chi connectivity index (χ1) is 12.6. The highest BCUT2D eigenvalue weighted by molar-refractivity contribution is 6.03. The number of benzene rings is 2. The normalized spacial score (nSPS) is 16.4. The van der Waals surface area contributed by atoms with Crippen LogP contribution in [0.1, 0.15) is 12.0 Å². The molecule has 0 radical (unpaired) electrons. The lowest BCUT2D eigenvalue weighted by atomic mass is 10.1. The lowest BCUT2D eigenvalue weighted by molar-refractivity contribution is -0.122. The number of rotatable bonds is 6. The number of para-hydroxylation sites is 1. The van der Waals surface area contributed by atoms with Crippen molar-refractivity contribution in [1.29, 1.82) is 0 Å². The smallest absolute Gasteiger partial charge is 0.229 e. The van der Waals surface area contributed by atoms with Gasteiger partial charge in [-0.25, -0.2) is 0 Å². The Balaban J connectivity index is 1.63. The SMILES string of the molecule is C=CCOc1ccc(NC(=O)[C@@H]2CC(=O)N(c3ccccc3C)C2)cc1. The Morgan fingerprint density at radius 2 is 2.00 bits per heavy atom. The second kappa shape index (κ2) is 7.87. The van der Waals surface area contributed by atoms with Gasteiger partial charge in [-0.2, -0.15) is 0 Å². The van der Waals surface area contributed by atoms with Crippen LogP contribution in [0.15, 0.2) is 61.2 Å². The maximum Gasteiger partial charge on any atom is 0.229 e. The van der Waals surface area contributed by atoms with E-state index in [1.165, 1.54) is 0 Å². The Hall–Kier alpha value is -3.08. The number of carbonyl (C=O) groups is 2. The molecule has 0 aromatic heterocycles. The van der Waals surface area contributed by atoms with Crippen LogP contribution in [0.3, 0.4) is 0 Å². The lowest BCUT2D eigenvalue weighted by Crippen LogP contribution is -2.28. The Morgan fingerprint density at radius 1 is 1.27 bits per heavy atom. The molecule has 134 valence electrons. The van der Waals surface area contributed by atoms with Gasteiger partial charge in [-0.3, -0.25) is 9.59 Å². The number of hydrogen-bond acceptors (Lipinski definition) is 3. The largest absolute Gasteiger partial charge is 0.490 e. The van der Waals surface area contributed by atoms with Crippen LogP contribution in [-0.2, 0) is 9.59 Å². The van der Waals surface area contributed by atoms with E-state index in [0.29, 0.717) is 24.6 Å². The number of nitrogens with one attached hydrogen (secondary N) is 1. The summed E-state index contributed by atoms with van der Waals surface area (Å²) >= 11 is 0. The summed E-state index contributed by atoms with van der Waals surface area (Å²) in [6.07, 6.45) is 1.90. The molecule has 2 aromatic rings. The molecule has 2 amide bonds. The van der Waals surface area contributed by atoms with E-state index in [2.05, 4.69) is 11.9 Å². The van der Waals surface area contributed by atoms with Crippen LogP contribution in [-0.4, -0.2) is 25.0 Å². The van der Waals surface area contributed by atoms with Crippen molar-refractivity contribution in [3.05, 3.63) is 66.7 Å². The van der Waals surface area contributed by atoms with Crippen LogP contribution < -0.4 is 15.0 Å². The highest BCUT2D eigenvalue weighted by Gasteiger charge is 2.35. The van der Waals surface area contributed by atoms with E-state index in [1.807, 2.05) is 31.2 Å². The van der Waals surface area contributed by atoms with Crippen LogP contribution in [0.25, 0.3) is 0 Å². The molecular weight excluding hydrogens is 328 g/mol. The Morgan fingerprint density at radius 3 is 2.69 bits per heavy atom. The van der Waals surface area contributed by atoms with E-state index in [0.717, 1.165) is 11.3 Å². The summed E-state index contributed by atoms with van der Waals surface area (Å²) in [5.74, 6) is 0.185. The maximum atomic E-state index is 12.5. The monoisotopic (exact) mass is 350 g/mol. The molecule has 3 rings (SSSR count). The van der Waals surface area contributed by atoms with E-state index >= 15 is 0 Å². The molecule has 5 nitrogen and oxygen atoms in total. The van der Waals surface area contributed by atoms with Gasteiger partial charge < -0.3 is 15.0 Å². The third-order valence-corrected chi connectivity index (χ3v) is 4.39. The first kappa shape index (κ1) is 17.7. The molecule has 0 aliphatic carbocycles. The molecule has 0 unspecified atom stereocenters. The first-order valence-corrected chi connectivity index (χ1v) is 8.59. The summed E-state index contributed by atoms with van der Waals surface area (Å²) in [6.45, 7) is 6.40.